The zero-order chi connectivity index (χ0) is 12.2. The second-order valence-electron chi connectivity index (χ2n) is 4.10. The average Bonchev–Trinajstić information content (AvgIpc) is 2.54. The summed E-state index contributed by atoms with van der Waals surface area (Å²) in [5, 5.41) is 9.44. The maximum Gasteiger partial charge on any atom is 0.256 e. The van der Waals surface area contributed by atoms with Gasteiger partial charge in [0.1, 0.15) is 11.3 Å². The Kier molecular flexibility index (Phi) is 4.39. The normalized spacial score (nSPS) is 14.4. The first kappa shape index (κ1) is 13.1. The van der Waals surface area contributed by atoms with Gasteiger partial charge in [-0.1, -0.05) is 11.8 Å². The lowest BCUT2D eigenvalue weighted by Crippen LogP contribution is -2.33. The van der Waals surface area contributed by atoms with Crippen molar-refractivity contribution in [1.29, 1.82) is 5.26 Å². The van der Waals surface area contributed by atoms with Crippen molar-refractivity contribution in [3.63, 3.8) is 0 Å². The second kappa shape index (κ2) is 5.37. The minimum absolute atomic E-state index is 0.690. The van der Waals surface area contributed by atoms with E-state index in [1.807, 2.05) is 13.8 Å². The number of hydrogen-bond acceptors (Lipinski definition) is 5. The molecule has 16 heavy (non-hydrogen) atoms. The van der Waals surface area contributed by atoms with Crippen LogP contribution in [-0.4, -0.2) is 16.3 Å². The molecule has 1 atom stereocenters. The summed E-state index contributed by atoms with van der Waals surface area (Å²) in [7, 11) is 0. The number of oxazole rings is 1. The van der Waals surface area contributed by atoms with Crippen LogP contribution in [0.25, 0.3) is 0 Å². The highest BCUT2D eigenvalue weighted by Crippen LogP contribution is 2.22. The molecule has 1 heterocycles. The number of thioether (sulfide) groups is 1. The van der Waals surface area contributed by atoms with E-state index in [-0.39, 0.29) is 0 Å². The Labute approximate surface area is 100 Å². The molecule has 0 saturated heterocycles. The lowest BCUT2D eigenvalue weighted by atomic mass is 10.0. The highest BCUT2D eigenvalue weighted by atomic mass is 32.2. The smallest absolute Gasteiger partial charge is 0.256 e. The number of rotatable bonds is 5. The number of nitrogens with two attached hydrogens (primary N) is 1. The average molecular weight is 239 g/mol. The van der Waals surface area contributed by atoms with Gasteiger partial charge in [0.15, 0.2) is 0 Å². The summed E-state index contributed by atoms with van der Waals surface area (Å²) in [5.74, 6) is 1.73. The van der Waals surface area contributed by atoms with Gasteiger partial charge in [0, 0.05) is 5.75 Å². The molecule has 0 aromatic carbocycles. The molecule has 1 rings (SSSR count). The first-order valence-electron chi connectivity index (χ1n) is 5.21. The minimum Gasteiger partial charge on any atom is -0.437 e. The maximum atomic E-state index is 8.74. The van der Waals surface area contributed by atoms with E-state index in [2.05, 4.69) is 11.1 Å². The number of nitriles is 1. The molecule has 0 aliphatic rings. The van der Waals surface area contributed by atoms with Crippen LogP contribution in [0.3, 0.4) is 0 Å². The van der Waals surface area contributed by atoms with Crippen LogP contribution in [0, 0.1) is 25.2 Å². The van der Waals surface area contributed by atoms with Gasteiger partial charge >= 0.3 is 0 Å². The van der Waals surface area contributed by atoms with Crippen molar-refractivity contribution < 1.29 is 4.42 Å². The molecule has 0 saturated carbocycles. The summed E-state index contributed by atoms with van der Waals surface area (Å²) in [5.41, 5.74) is 5.93. The van der Waals surface area contributed by atoms with Crippen LogP contribution < -0.4 is 5.73 Å². The molecule has 0 amide bonds. The number of aromatic nitrogens is 1. The molecule has 0 aliphatic heterocycles. The van der Waals surface area contributed by atoms with E-state index in [0.29, 0.717) is 11.6 Å². The summed E-state index contributed by atoms with van der Waals surface area (Å²) >= 11 is 1.56. The van der Waals surface area contributed by atoms with Crippen molar-refractivity contribution in [2.45, 2.75) is 44.4 Å². The molecule has 4 nitrogen and oxygen atoms in total. The van der Waals surface area contributed by atoms with Crippen LogP contribution in [0.15, 0.2) is 9.64 Å². The summed E-state index contributed by atoms with van der Waals surface area (Å²) in [6.07, 6.45) is 1.57. The molecule has 1 unspecified atom stereocenters. The van der Waals surface area contributed by atoms with Gasteiger partial charge in [0.25, 0.3) is 5.22 Å². The third-order valence-corrected chi connectivity index (χ3v) is 3.24. The van der Waals surface area contributed by atoms with Crippen molar-refractivity contribution in [1.82, 2.24) is 4.98 Å². The third-order valence-electron chi connectivity index (χ3n) is 2.33. The summed E-state index contributed by atoms with van der Waals surface area (Å²) in [6, 6.07) is 2.08. The Morgan fingerprint density at radius 1 is 1.56 bits per heavy atom. The fourth-order valence-corrected chi connectivity index (χ4v) is 2.01. The van der Waals surface area contributed by atoms with Crippen molar-refractivity contribution in [2.75, 3.05) is 5.75 Å². The van der Waals surface area contributed by atoms with Crippen LogP contribution in [0.2, 0.25) is 0 Å². The second-order valence-corrected chi connectivity index (χ2v) is 5.15. The van der Waals surface area contributed by atoms with Gasteiger partial charge in [-0.05, 0) is 33.6 Å². The monoisotopic (exact) mass is 239 g/mol. The highest BCUT2D eigenvalue weighted by Gasteiger charge is 2.16. The van der Waals surface area contributed by atoms with E-state index >= 15 is 0 Å². The third kappa shape index (κ3) is 3.87. The van der Waals surface area contributed by atoms with Gasteiger partial charge in [0.2, 0.25) is 0 Å². The fraction of sp³-hybridized carbons (Fsp3) is 0.636. The molecule has 0 spiro atoms. The predicted molar refractivity (Wildman–Crippen MR) is 64.1 cm³/mol. The van der Waals surface area contributed by atoms with Crippen LogP contribution in [-0.2, 0) is 0 Å². The van der Waals surface area contributed by atoms with E-state index in [9.17, 15) is 0 Å². The minimum atomic E-state index is -0.719. The molecule has 0 radical (unpaired) electrons. The van der Waals surface area contributed by atoms with Crippen LogP contribution in [0.1, 0.15) is 31.2 Å². The van der Waals surface area contributed by atoms with E-state index in [1.54, 1.807) is 18.7 Å². The quantitative estimate of drug-likeness (QED) is 0.630. The van der Waals surface area contributed by atoms with E-state index in [1.165, 1.54) is 0 Å². The highest BCUT2D eigenvalue weighted by molar-refractivity contribution is 7.99. The van der Waals surface area contributed by atoms with Crippen molar-refractivity contribution in [3.05, 3.63) is 11.5 Å². The Morgan fingerprint density at radius 3 is 2.75 bits per heavy atom. The largest absolute Gasteiger partial charge is 0.437 e. The van der Waals surface area contributed by atoms with E-state index < -0.39 is 5.54 Å². The van der Waals surface area contributed by atoms with Gasteiger partial charge < -0.3 is 10.2 Å². The summed E-state index contributed by atoms with van der Waals surface area (Å²) in [4.78, 5) is 4.26. The van der Waals surface area contributed by atoms with Gasteiger partial charge in [-0.3, -0.25) is 0 Å². The molecule has 1 aromatic rings. The molecule has 1 aromatic heterocycles. The summed E-state index contributed by atoms with van der Waals surface area (Å²) in [6.45, 7) is 5.58. The first-order valence-corrected chi connectivity index (χ1v) is 6.20. The molecule has 0 fully saturated rings. The zero-order valence-electron chi connectivity index (χ0n) is 9.91. The fourth-order valence-electron chi connectivity index (χ4n) is 1.16. The Morgan fingerprint density at radius 2 is 2.25 bits per heavy atom. The first-order chi connectivity index (χ1) is 7.44. The van der Waals surface area contributed by atoms with Gasteiger partial charge in [-0.25, -0.2) is 4.98 Å². The molecule has 2 N–H and O–H groups in total. The van der Waals surface area contributed by atoms with Gasteiger partial charge in [0.05, 0.1) is 11.8 Å². The molecular weight excluding hydrogens is 222 g/mol. The lowest BCUT2D eigenvalue weighted by molar-refractivity contribution is 0.430. The van der Waals surface area contributed by atoms with Crippen molar-refractivity contribution >= 4 is 11.8 Å². The molecule has 0 bridgehead atoms. The van der Waals surface area contributed by atoms with Gasteiger partial charge in [-0.15, -0.1) is 0 Å². The number of nitrogens with zero attached hydrogens (tertiary/aromatic N) is 2. The van der Waals surface area contributed by atoms with E-state index in [4.69, 9.17) is 15.4 Å². The molecule has 0 aliphatic carbocycles. The van der Waals surface area contributed by atoms with Crippen LogP contribution in [0.4, 0.5) is 0 Å². The predicted octanol–water partition coefficient (Wildman–Crippen LogP) is 2.40. The topological polar surface area (TPSA) is 75.8 Å². The molecule has 5 heteroatoms. The lowest BCUT2D eigenvalue weighted by Gasteiger charge is -2.13. The number of hydrogen-bond donors (Lipinski definition) is 1. The molecule has 88 valence electrons. The van der Waals surface area contributed by atoms with Crippen LogP contribution >= 0.6 is 11.8 Å². The summed E-state index contributed by atoms with van der Waals surface area (Å²) < 4.78 is 5.43. The van der Waals surface area contributed by atoms with Crippen molar-refractivity contribution in [3.8, 4) is 6.07 Å². The van der Waals surface area contributed by atoms with Crippen molar-refractivity contribution in [2.24, 2.45) is 5.73 Å². The Balaban J connectivity index is 2.29. The van der Waals surface area contributed by atoms with Crippen LogP contribution in [0.5, 0.6) is 0 Å². The zero-order valence-corrected chi connectivity index (χ0v) is 10.7. The maximum absolute atomic E-state index is 8.74. The van der Waals surface area contributed by atoms with Gasteiger partial charge in [-0.2, -0.15) is 5.26 Å². The standard InChI is InChI=1S/C11H17N3OS/c1-8-9(2)15-10(14-8)16-6-4-5-11(3,13)7-12/h4-6,13H2,1-3H3. The Bertz CT molecular complexity index is 373. The van der Waals surface area contributed by atoms with E-state index in [0.717, 1.165) is 23.6 Å². The number of aryl methyl sites for hydroxylation is 2. The molecular formula is C11H17N3OS. The Hall–Kier alpha value is -0.990. The SMILES string of the molecule is Cc1nc(SCCCC(C)(N)C#N)oc1C.